The van der Waals surface area contributed by atoms with Gasteiger partial charge in [-0.25, -0.2) is 4.98 Å². The van der Waals surface area contributed by atoms with E-state index in [1.807, 2.05) is 12.5 Å². The lowest BCUT2D eigenvalue weighted by Crippen LogP contribution is -2.45. The molecule has 7 rings (SSSR count). The normalized spacial score (nSPS) is 26.6. The number of fused-ring (bicyclic) bond motifs is 7. The largest absolute Gasteiger partial charge is 0.352 e. The van der Waals surface area contributed by atoms with Crippen LogP contribution in [0.4, 0.5) is 0 Å². The number of hydrogen-bond donors (Lipinski definition) is 1. The summed E-state index contributed by atoms with van der Waals surface area (Å²) in [6.07, 6.45) is 10.3. The van der Waals surface area contributed by atoms with E-state index in [1.54, 1.807) is 0 Å². The van der Waals surface area contributed by atoms with E-state index in [2.05, 4.69) is 70.3 Å². The Bertz CT molecular complexity index is 1260. The minimum absolute atomic E-state index is 0.0262. The number of nitrogens with one attached hydrogen (secondary N) is 1. The van der Waals surface area contributed by atoms with Crippen LogP contribution in [-0.4, -0.2) is 21.2 Å². The van der Waals surface area contributed by atoms with E-state index in [1.165, 1.54) is 16.7 Å². The quantitative estimate of drug-likeness (QED) is 0.501. The summed E-state index contributed by atoms with van der Waals surface area (Å²) < 4.78 is 2.17. The lowest BCUT2D eigenvalue weighted by Gasteiger charge is -2.41. The van der Waals surface area contributed by atoms with E-state index in [0.717, 1.165) is 56.2 Å². The molecule has 0 spiro atoms. The molecule has 5 nitrogen and oxygen atoms in total. The van der Waals surface area contributed by atoms with E-state index in [4.69, 9.17) is 0 Å². The topological polar surface area (TPSA) is 64.0 Å². The van der Waals surface area contributed by atoms with Crippen molar-refractivity contribution < 1.29 is 9.59 Å². The van der Waals surface area contributed by atoms with Gasteiger partial charge >= 0.3 is 0 Å². The summed E-state index contributed by atoms with van der Waals surface area (Å²) >= 11 is 0. The predicted molar refractivity (Wildman–Crippen MR) is 136 cm³/mol. The fourth-order valence-electron chi connectivity index (χ4n) is 6.84. The van der Waals surface area contributed by atoms with Crippen LogP contribution in [0.5, 0.6) is 0 Å². The number of carbonyl (C=O) groups is 2. The molecule has 2 aromatic carbocycles. The van der Waals surface area contributed by atoms with Gasteiger partial charge in [0.2, 0.25) is 5.91 Å². The Morgan fingerprint density at radius 3 is 2.49 bits per heavy atom. The molecule has 1 atom stereocenters. The minimum Gasteiger partial charge on any atom is -0.352 e. The van der Waals surface area contributed by atoms with Crippen LogP contribution in [0.25, 0.3) is 11.3 Å². The molecular formula is C30H33N3O2. The van der Waals surface area contributed by atoms with Crippen molar-refractivity contribution in [1.82, 2.24) is 14.9 Å². The first-order chi connectivity index (χ1) is 17.0. The van der Waals surface area contributed by atoms with E-state index in [9.17, 15) is 9.59 Å². The Morgan fingerprint density at radius 2 is 1.69 bits per heavy atom. The Hall–Kier alpha value is -3.21. The van der Waals surface area contributed by atoms with Crippen LogP contribution in [0.15, 0.2) is 61.1 Å². The van der Waals surface area contributed by atoms with Crippen LogP contribution in [0.3, 0.4) is 0 Å². The maximum atomic E-state index is 13.9. The van der Waals surface area contributed by atoms with E-state index >= 15 is 0 Å². The van der Waals surface area contributed by atoms with Gasteiger partial charge in [0.05, 0.1) is 24.3 Å². The first-order valence-electron chi connectivity index (χ1n) is 13.0. The van der Waals surface area contributed by atoms with Crippen molar-refractivity contribution in [1.29, 1.82) is 0 Å². The van der Waals surface area contributed by atoms with Crippen LogP contribution >= 0.6 is 0 Å². The molecule has 3 fully saturated rings. The molecule has 35 heavy (non-hydrogen) atoms. The van der Waals surface area contributed by atoms with Gasteiger partial charge in [-0.15, -0.1) is 0 Å². The molecule has 3 aromatic rings. The molecule has 0 saturated heterocycles. The molecule has 1 aromatic heterocycles. The van der Waals surface area contributed by atoms with E-state index < -0.39 is 0 Å². The number of Topliss-reactive ketones (excluding diaryl/α,β-unsaturated/α-hetero) is 1. The SMILES string of the molecule is Cc1ccc(CNC(=O)C23CCCC(C(=O)CC4c5ccccc5-c5cncn54)(CC2)CC3)cc1. The number of ketones is 1. The molecule has 1 N–H and O–H groups in total. The van der Waals surface area contributed by atoms with Crippen molar-refractivity contribution in [3.8, 4) is 11.3 Å². The Labute approximate surface area is 207 Å². The second-order valence-corrected chi connectivity index (χ2v) is 11.0. The highest BCUT2D eigenvalue weighted by molar-refractivity contribution is 5.88. The minimum atomic E-state index is -0.317. The molecule has 4 aliphatic rings. The Morgan fingerprint density at radius 1 is 0.971 bits per heavy atom. The van der Waals surface area contributed by atoms with Crippen LogP contribution in [0.1, 0.15) is 74.1 Å². The molecule has 180 valence electrons. The van der Waals surface area contributed by atoms with Crippen molar-refractivity contribution in [2.24, 2.45) is 10.8 Å². The first-order valence-corrected chi connectivity index (χ1v) is 13.0. The maximum Gasteiger partial charge on any atom is 0.226 e. The first kappa shape index (κ1) is 22.3. The van der Waals surface area contributed by atoms with Crippen LogP contribution < -0.4 is 5.32 Å². The van der Waals surface area contributed by atoms with Crippen LogP contribution in [0, 0.1) is 17.8 Å². The summed E-state index contributed by atoms with van der Waals surface area (Å²) in [5.74, 6) is 0.545. The number of aromatic nitrogens is 2. The number of imidazole rings is 1. The summed E-state index contributed by atoms with van der Waals surface area (Å²) in [5.41, 5.74) is 5.27. The Kier molecular flexibility index (Phi) is 5.39. The Balaban J connectivity index is 1.15. The zero-order chi connectivity index (χ0) is 24.0. The fraction of sp³-hybridized carbons (Fsp3) is 0.433. The number of aryl methyl sites for hydroxylation is 1. The highest BCUT2D eigenvalue weighted by Gasteiger charge is 2.52. The van der Waals surface area contributed by atoms with Gasteiger partial charge in [0.15, 0.2) is 0 Å². The smallest absolute Gasteiger partial charge is 0.226 e. The van der Waals surface area contributed by atoms with Gasteiger partial charge in [0.25, 0.3) is 0 Å². The fourth-order valence-corrected chi connectivity index (χ4v) is 6.84. The van der Waals surface area contributed by atoms with Gasteiger partial charge in [0, 0.05) is 29.4 Å². The molecule has 1 aliphatic heterocycles. The summed E-state index contributed by atoms with van der Waals surface area (Å²) in [4.78, 5) is 31.6. The maximum absolute atomic E-state index is 13.9. The second kappa shape index (κ2) is 8.47. The summed E-state index contributed by atoms with van der Waals surface area (Å²) in [6.45, 7) is 2.64. The zero-order valence-electron chi connectivity index (χ0n) is 20.4. The number of nitrogens with zero attached hydrogens (tertiary/aromatic N) is 2. The number of rotatable bonds is 6. The van der Waals surface area contributed by atoms with Gasteiger partial charge in [-0.2, -0.15) is 0 Å². The van der Waals surface area contributed by atoms with Gasteiger partial charge in [-0.05, 0) is 56.6 Å². The monoisotopic (exact) mass is 467 g/mol. The van der Waals surface area contributed by atoms with Crippen molar-refractivity contribution in [3.05, 3.63) is 77.7 Å². The van der Waals surface area contributed by atoms with Crippen molar-refractivity contribution in [2.45, 2.75) is 70.9 Å². The molecule has 2 heterocycles. The zero-order valence-corrected chi connectivity index (χ0v) is 20.4. The van der Waals surface area contributed by atoms with E-state index in [0.29, 0.717) is 18.7 Å². The molecule has 5 heteroatoms. The van der Waals surface area contributed by atoms with Gasteiger partial charge < -0.3 is 9.88 Å². The second-order valence-electron chi connectivity index (χ2n) is 11.0. The third-order valence-corrected chi connectivity index (χ3v) is 9.10. The lowest BCUT2D eigenvalue weighted by molar-refractivity contribution is -0.139. The average Bonchev–Trinajstić information content (AvgIpc) is 3.34. The van der Waals surface area contributed by atoms with E-state index in [-0.39, 0.29) is 22.8 Å². The summed E-state index contributed by atoms with van der Waals surface area (Å²) in [6, 6.07) is 16.7. The molecule has 3 aliphatic carbocycles. The number of hydrogen-bond acceptors (Lipinski definition) is 3. The molecular weight excluding hydrogens is 434 g/mol. The van der Waals surface area contributed by atoms with Gasteiger partial charge in [-0.1, -0.05) is 60.5 Å². The lowest BCUT2D eigenvalue weighted by atomic mass is 9.62. The van der Waals surface area contributed by atoms with Crippen LogP contribution in [0.2, 0.25) is 0 Å². The number of carbonyl (C=O) groups excluding carboxylic acids is 2. The standard InChI is InChI=1S/C30H33N3O2/c1-21-7-9-22(10-8-21)18-32-28(35)30-12-4-11-29(13-15-30,14-16-30)27(34)17-25-23-5-2-3-6-24(23)26-19-31-20-33(25)26/h2-3,5-10,19-20,25H,4,11-18H2,1H3,(H,32,35). The highest BCUT2D eigenvalue weighted by atomic mass is 16.2. The van der Waals surface area contributed by atoms with Crippen molar-refractivity contribution >= 4 is 11.7 Å². The summed E-state index contributed by atoms with van der Waals surface area (Å²) in [5, 5.41) is 3.22. The molecule has 1 amide bonds. The predicted octanol–water partition coefficient (Wildman–Crippen LogP) is 5.77. The van der Waals surface area contributed by atoms with Crippen LogP contribution in [-0.2, 0) is 16.1 Å². The van der Waals surface area contributed by atoms with Gasteiger partial charge in [0.1, 0.15) is 5.78 Å². The average molecular weight is 468 g/mol. The number of amides is 1. The summed E-state index contributed by atoms with van der Waals surface area (Å²) in [7, 11) is 0. The van der Waals surface area contributed by atoms with Crippen molar-refractivity contribution in [3.63, 3.8) is 0 Å². The molecule has 2 bridgehead atoms. The number of benzene rings is 2. The van der Waals surface area contributed by atoms with Gasteiger partial charge in [-0.3, -0.25) is 9.59 Å². The van der Waals surface area contributed by atoms with Crippen molar-refractivity contribution in [2.75, 3.05) is 0 Å². The third-order valence-electron chi connectivity index (χ3n) is 9.10. The molecule has 0 radical (unpaired) electrons. The molecule has 1 unspecified atom stereocenters. The highest BCUT2D eigenvalue weighted by Crippen LogP contribution is 2.56. The third kappa shape index (κ3) is 3.72. The molecule has 3 saturated carbocycles.